The summed E-state index contributed by atoms with van der Waals surface area (Å²) in [6.45, 7) is 8.34. The number of benzene rings is 1. The van der Waals surface area contributed by atoms with Gasteiger partial charge in [-0.05, 0) is 36.6 Å². The van der Waals surface area contributed by atoms with E-state index < -0.39 is 12.1 Å². The smallest absolute Gasteiger partial charge is 0.345 e. The Morgan fingerprint density at radius 2 is 2.32 bits per heavy atom. The zero-order valence-corrected chi connectivity index (χ0v) is 11.2. The van der Waals surface area contributed by atoms with Crippen molar-refractivity contribution in [2.75, 3.05) is 6.61 Å². The molecule has 0 spiro atoms. The summed E-state index contributed by atoms with van der Waals surface area (Å²) in [5.41, 5.74) is 2.85. The molecule has 0 fully saturated rings. The van der Waals surface area contributed by atoms with Gasteiger partial charge in [0.05, 0.1) is 0 Å². The van der Waals surface area contributed by atoms with E-state index >= 15 is 0 Å². The van der Waals surface area contributed by atoms with Crippen molar-refractivity contribution in [3.8, 4) is 11.5 Å². The number of rotatable bonds is 5. The number of hydrogen-bond donors (Lipinski definition) is 1. The summed E-state index contributed by atoms with van der Waals surface area (Å²) in [7, 11) is 0. The Bertz CT molecular complexity index is 519. The summed E-state index contributed by atoms with van der Waals surface area (Å²) in [6, 6.07) is 3.71. The van der Waals surface area contributed by atoms with E-state index in [0.717, 1.165) is 28.9 Å². The first-order valence-electron chi connectivity index (χ1n) is 6.33. The molecule has 0 aromatic heterocycles. The predicted molar refractivity (Wildman–Crippen MR) is 71.9 cm³/mol. The molecule has 1 heterocycles. The van der Waals surface area contributed by atoms with E-state index in [2.05, 4.69) is 6.58 Å². The third-order valence-electron chi connectivity index (χ3n) is 3.24. The van der Waals surface area contributed by atoms with Gasteiger partial charge >= 0.3 is 5.97 Å². The van der Waals surface area contributed by atoms with E-state index in [1.54, 1.807) is 0 Å². The number of hydrogen-bond acceptors (Lipinski definition) is 3. The van der Waals surface area contributed by atoms with Crippen LogP contribution in [0.2, 0.25) is 0 Å². The highest BCUT2D eigenvalue weighted by atomic mass is 16.5. The number of carbonyl (C=O) groups is 1. The van der Waals surface area contributed by atoms with Crippen LogP contribution in [0.4, 0.5) is 0 Å². The Morgan fingerprint density at radius 1 is 1.58 bits per heavy atom. The van der Waals surface area contributed by atoms with E-state index in [9.17, 15) is 4.79 Å². The van der Waals surface area contributed by atoms with E-state index in [-0.39, 0.29) is 0 Å². The molecule has 0 aliphatic carbocycles. The zero-order chi connectivity index (χ0) is 14.0. The molecule has 19 heavy (non-hydrogen) atoms. The highest BCUT2D eigenvalue weighted by molar-refractivity contribution is 5.75. The molecule has 1 aliphatic heterocycles. The molecule has 1 atom stereocenters. The summed E-state index contributed by atoms with van der Waals surface area (Å²) in [5.74, 6) is 0.477. The van der Waals surface area contributed by atoms with Gasteiger partial charge in [0.15, 0.2) is 6.10 Å². The summed E-state index contributed by atoms with van der Waals surface area (Å²) in [4.78, 5) is 10.9. The summed E-state index contributed by atoms with van der Waals surface area (Å²) in [6.07, 6.45) is 0.486. The Morgan fingerprint density at radius 3 is 2.95 bits per heavy atom. The van der Waals surface area contributed by atoms with E-state index in [1.165, 1.54) is 0 Å². The molecule has 0 saturated heterocycles. The van der Waals surface area contributed by atoms with Crippen LogP contribution in [0.3, 0.4) is 0 Å². The monoisotopic (exact) mass is 262 g/mol. The molecule has 0 bridgehead atoms. The van der Waals surface area contributed by atoms with Crippen molar-refractivity contribution in [1.82, 2.24) is 0 Å². The largest absolute Gasteiger partial charge is 0.489 e. The highest BCUT2D eigenvalue weighted by Crippen LogP contribution is 2.35. The number of aryl methyl sites for hydroxylation is 1. The molecule has 4 nitrogen and oxygen atoms in total. The van der Waals surface area contributed by atoms with Crippen molar-refractivity contribution >= 4 is 5.97 Å². The lowest BCUT2D eigenvalue weighted by molar-refractivity contribution is -0.144. The molecule has 0 radical (unpaired) electrons. The van der Waals surface area contributed by atoms with E-state index in [4.69, 9.17) is 14.6 Å². The molecule has 1 aromatic carbocycles. The molecular formula is C15H18O4. The average Bonchev–Trinajstić information content (AvgIpc) is 2.78. The number of aliphatic carboxylic acids is 1. The van der Waals surface area contributed by atoms with Crippen LogP contribution in [-0.4, -0.2) is 23.8 Å². The Hall–Kier alpha value is -1.97. The van der Waals surface area contributed by atoms with Crippen LogP contribution >= 0.6 is 0 Å². The highest BCUT2D eigenvalue weighted by Gasteiger charge is 2.29. The minimum atomic E-state index is -0.935. The molecule has 0 amide bonds. The molecule has 102 valence electrons. The number of carboxylic acids is 1. The maximum Gasteiger partial charge on any atom is 0.345 e. The van der Waals surface area contributed by atoms with Gasteiger partial charge < -0.3 is 14.6 Å². The van der Waals surface area contributed by atoms with Crippen molar-refractivity contribution in [2.45, 2.75) is 32.8 Å². The fraction of sp³-hybridized carbons (Fsp3) is 0.400. The molecule has 1 aromatic rings. The van der Waals surface area contributed by atoms with E-state index in [0.29, 0.717) is 18.8 Å². The SMILES string of the molecule is C=C(CC)COc1cc2c(cc1C)OC(C(=O)O)C2. The molecule has 1 unspecified atom stereocenters. The van der Waals surface area contributed by atoms with Crippen molar-refractivity contribution in [3.05, 3.63) is 35.4 Å². The minimum Gasteiger partial charge on any atom is -0.489 e. The molecule has 0 saturated carbocycles. The number of fused-ring (bicyclic) bond motifs is 1. The molecule has 2 rings (SSSR count). The maximum absolute atomic E-state index is 10.9. The van der Waals surface area contributed by atoms with Gasteiger partial charge in [0, 0.05) is 12.0 Å². The lowest BCUT2D eigenvalue weighted by Gasteiger charge is -2.11. The van der Waals surface area contributed by atoms with Crippen molar-refractivity contribution < 1.29 is 19.4 Å². The van der Waals surface area contributed by atoms with Gasteiger partial charge in [-0.25, -0.2) is 4.79 Å². The fourth-order valence-electron chi connectivity index (χ4n) is 1.94. The molecular weight excluding hydrogens is 244 g/mol. The molecule has 1 N–H and O–H groups in total. The van der Waals surface area contributed by atoms with Crippen molar-refractivity contribution in [2.24, 2.45) is 0 Å². The Balaban J connectivity index is 2.15. The van der Waals surface area contributed by atoms with Gasteiger partial charge in [0.1, 0.15) is 18.1 Å². The third-order valence-corrected chi connectivity index (χ3v) is 3.24. The first-order chi connectivity index (χ1) is 9.01. The summed E-state index contributed by atoms with van der Waals surface area (Å²) in [5, 5.41) is 8.96. The predicted octanol–water partition coefficient (Wildman–Crippen LogP) is 2.73. The first kappa shape index (κ1) is 13.5. The second-order valence-corrected chi connectivity index (χ2v) is 4.77. The van der Waals surface area contributed by atoms with Crippen LogP contribution < -0.4 is 9.47 Å². The second-order valence-electron chi connectivity index (χ2n) is 4.77. The van der Waals surface area contributed by atoms with Crippen LogP contribution in [0.25, 0.3) is 0 Å². The lowest BCUT2D eigenvalue weighted by Crippen LogP contribution is -2.24. The van der Waals surface area contributed by atoms with E-state index in [1.807, 2.05) is 26.0 Å². The topological polar surface area (TPSA) is 55.8 Å². The minimum absolute atomic E-state index is 0.385. The Kier molecular flexibility index (Phi) is 3.79. The standard InChI is InChI=1S/C15H18O4/c1-4-9(2)8-18-12-6-11-7-14(15(16)17)19-13(11)5-10(12)3/h5-6,14H,2,4,7-8H2,1,3H3,(H,16,17). The van der Waals surface area contributed by atoms with Gasteiger partial charge in [-0.2, -0.15) is 0 Å². The zero-order valence-electron chi connectivity index (χ0n) is 11.2. The number of carboxylic acid groups (broad SMARTS) is 1. The van der Waals surface area contributed by atoms with Crippen LogP contribution in [-0.2, 0) is 11.2 Å². The Labute approximate surface area is 112 Å². The van der Waals surface area contributed by atoms with Crippen molar-refractivity contribution in [3.63, 3.8) is 0 Å². The average molecular weight is 262 g/mol. The van der Waals surface area contributed by atoms with Crippen LogP contribution in [0, 0.1) is 6.92 Å². The molecule has 4 heteroatoms. The first-order valence-corrected chi connectivity index (χ1v) is 6.33. The normalized spacial score (nSPS) is 16.6. The van der Waals surface area contributed by atoms with Gasteiger partial charge in [-0.1, -0.05) is 13.5 Å². The van der Waals surface area contributed by atoms with Crippen molar-refractivity contribution in [1.29, 1.82) is 0 Å². The van der Waals surface area contributed by atoms with Gasteiger partial charge in [-0.3, -0.25) is 0 Å². The molecule has 1 aliphatic rings. The summed E-state index contributed by atoms with van der Waals surface area (Å²) >= 11 is 0. The van der Waals surface area contributed by atoms with Gasteiger partial charge in [0.2, 0.25) is 0 Å². The van der Waals surface area contributed by atoms with Gasteiger partial charge in [0.25, 0.3) is 0 Å². The van der Waals surface area contributed by atoms with Gasteiger partial charge in [-0.15, -0.1) is 0 Å². The number of ether oxygens (including phenoxy) is 2. The van der Waals surface area contributed by atoms with Crippen LogP contribution in [0.5, 0.6) is 11.5 Å². The van der Waals surface area contributed by atoms with Crippen LogP contribution in [0.1, 0.15) is 24.5 Å². The van der Waals surface area contributed by atoms with Crippen LogP contribution in [0.15, 0.2) is 24.3 Å². The quantitative estimate of drug-likeness (QED) is 0.829. The second kappa shape index (κ2) is 5.34. The maximum atomic E-state index is 10.9. The fourth-order valence-corrected chi connectivity index (χ4v) is 1.94. The lowest BCUT2D eigenvalue weighted by atomic mass is 10.1. The summed E-state index contributed by atoms with van der Waals surface area (Å²) < 4.78 is 11.1. The third kappa shape index (κ3) is 2.89.